The fourth-order valence-corrected chi connectivity index (χ4v) is 1.71. The van der Waals surface area contributed by atoms with Gasteiger partial charge in [-0.3, -0.25) is 4.79 Å². The lowest BCUT2D eigenvalue weighted by molar-refractivity contribution is -0.121. The van der Waals surface area contributed by atoms with Gasteiger partial charge in [-0.15, -0.1) is 0 Å². The highest BCUT2D eigenvalue weighted by atomic mass is 16.1. The number of rotatable bonds is 4. The van der Waals surface area contributed by atoms with Gasteiger partial charge in [-0.2, -0.15) is 0 Å². The van der Waals surface area contributed by atoms with Crippen LogP contribution in [0.2, 0.25) is 0 Å². The Balaban J connectivity index is 2.06. The molecule has 1 heterocycles. The monoisotopic (exact) mass is 232 g/mol. The van der Waals surface area contributed by atoms with Crippen LogP contribution in [-0.4, -0.2) is 22.4 Å². The van der Waals surface area contributed by atoms with Crippen LogP contribution in [0.3, 0.4) is 0 Å². The van der Waals surface area contributed by atoms with Crippen molar-refractivity contribution < 1.29 is 4.79 Å². The van der Waals surface area contributed by atoms with Crippen molar-refractivity contribution in [3.63, 3.8) is 0 Å². The lowest BCUT2D eigenvalue weighted by Gasteiger charge is -2.04. The average molecular weight is 232 g/mol. The van der Waals surface area contributed by atoms with Crippen LogP contribution in [0.4, 0.5) is 0 Å². The minimum Gasteiger partial charge on any atom is -0.352 e. The molecular formula is C12H16N4O. The number of nitrogens with zero attached hydrogens (tertiary/aromatic N) is 1. The smallest absolute Gasteiger partial charge is 0.221 e. The number of amides is 1. The second-order valence-electron chi connectivity index (χ2n) is 3.99. The van der Waals surface area contributed by atoms with Crippen molar-refractivity contribution in [3.8, 4) is 0 Å². The number of H-pyrrole nitrogens is 1. The van der Waals surface area contributed by atoms with Crippen LogP contribution in [0.5, 0.6) is 0 Å². The van der Waals surface area contributed by atoms with Gasteiger partial charge in [0.1, 0.15) is 5.82 Å². The SMILES string of the molecule is Cc1nc2ccc(CNC(=O)CCN)cc2[nH]1. The Morgan fingerprint density at radius 2 is 2.35 bits per heavy atom. The molecule has 90 valence electrons. The third-order valence-electron chi connectivity index (χ3n) is 2.53. The predicted molar refractivity (Wildman–Crippen MR) is 66.3 cm³/mol. The van der Waals surface area contributed by atoms with Gasteiger partial charge in [0.15, 0.2) is 0 Å². The molecule has 0 radical (unpaired) electrons. The first-order valence-electron chi connectivity index (χ1n) is 5.61. The molecule has 5 heteroatoms. The first-order chi connectivity index (χ1) is 8.19. The molecule has 0 saturated heterocycles. The van der Waals surface area contributed by atoms with Gasteiger partial charge in [0, 0.05) is 19.5 Å². The molecule has 0 aliphatic carbocycles. The third-order valence-corrected chi connectivity index (χ3v) is 2.53. The van der Waals surface area contributed by atoms with E-state index in [1.807, 2.05) is 25.1 Å². The Morgan fingerprint density at radius 1 is 1.53 bits per heavy atom. The number of nitrogens with two attached hydrogens (primary N) is 1. The number of benzene rings is 1. The molecule has 0 spiro atoms. The Labute approximate surface area is 99.4 Å². The second kappa shape index (κ2) is 4.97. The van der Waals surface area contributed by atoms with E-state index in [0.717, 1.165) is 22.4 Å². The summed E-state index contributed by atoms with van der Waals surface area (Å²) < 4.78 is 0. The molecule has 4 N–H and O–H groups in total. The number of carbonyl (C=O) groups is 1. The Kier molecular flexibility index (Phi) is 3.39. The van der Waals surface area contributed by atoms with E-state index in [0.29, 0.717) is 19.5 Å². The number of aromatic nitrogens is 2. The quantitative estimate of drug-likeness (QED) is 0.730. The first-order valence-corrected chi connectivity index (χ1v) is 5.61. The van der Waals surface area contributed by atoms with Crippen LogP contribution in [0.1, 0.15) is 17.8 Å². The summed E-state index contributed by atoms with van der Waals surface area (Å²) in [5, 5.41) is 2.82. The molecule has 1 aromatic carbocycles. The number of carbonyl (C=O) groups excluding carboxylic acids is 1. The molecule has 2 rings (SSSR count). The van der Waals surface area contributed by atoms with Gasteiger partial charge < -0.3 is 16.0 Å². The van der Waals surface area contributed by atoms with Crippen molar-refractivity contribution in [2.24, 2.45) is 5.73 Å². The number of hydrogen-bond acceptors (Lipinski definition) is 3. The molecule has 0 aliphatic rings. The van der Waals surface area contributed by atoms with E-state index >= 15 is 0 Å². The molecule has 0 fully saturated rings. The number of aromatic amines is 1. The van der Waals surface area contributed by atoms with Crippen LogP contribution in [0.15, 0.2) is 18.2 Å². The van der Waals surface area contributed by atoms with Crippen molar-refractivity contribution >= 4 is 16.9 Å². The van der Waals surface area contributed by atoms with Crippen molar-refractivity contribution in [2.45, 2.75) is 19.9 Å². The summed E-state index contributed by atoms with van der Waals surface area (Å²) in [6.45, 7) is 2.82. The molecule has 1 aromatic heterocycles. The summed E-state index contributed by atoms with van der Waals surface area (Å²) >= 11 is 0. The van der Waals surface area contributed by atoms with Gasteiger partial charge >= 0.3 is 0 Å². The minimum atomic E-state index is -0.0200. The first kappa shape index (κ1) is 11.6. The maximum atomic E-state index is 11.3. The van der Waals surface area contributed by atoms with E-state index in [-0.39, 0.29) is 5.91 Å². The fraction of sp³-hybridized carbons (Fsp3) is 0.333. The number of aryl methyl sites for hydroxylation is 1. The van der Waals surface area contributed by atoms with E-state index in [4.69, 9.17) is 5.73 Å². The lowest BCUT2D eigenvalue weighted by Crippen LogP contribution is -2.24. The van der Waals surface area contributed by atoms with Crippen molar-refractivity contribution in [1.82, 2.24) is 15.3 Å². The average Bonchev–Trinajstić information content (AvgIpc) is 2.66. The lowest BCUT2D eigenvalue weighted by atomic mass is 10.2. The number of imidazole rings is 1. The highest BCUT2D eigenvalue weighted by Crippen LogP contribution is 2.13. The van der Waals surface area contributed by atoms with Crippen LogP contribution in [0.25, 0.3) is 11.0 Å². The molecule has 0 atom stereocenters. The van der Waals surface area contributed by atoms with Crippen LogP contribution < -0.4 is 11.1 Å². The van der Waals surface area contributed by atoms with Crippen molar-refractivity contribution in [3.05, 3.63) is 29.6 Å². The van der Waals surface area contributed by atoms with E-state index in [2.05, 4.69) is 15.3 Å². The summed E-state index contributed by atoms with van der Waals surface area (Å²) in [5.41, 5.74) is 8.29. The minimum absolute atomic E-state index is 0.0200. The molecule has 17 heavy (non-hydrogen) atoms. The topological polar surface area (TPSA) is 83.8 Å². The molecular weight excluding hydrogens is 216 g/mol. The zero-order chi connectivity index (χ0) is 12.3. The molecule has 2 aromatic rings. The zero-order valence-electron chi connectivity index (χ0n) is 9.79. The molecule has 0 saturated carbocycles. The van der Waals surface area contributed by atoms with Gasteiger partial charge in [-0.25, -0.2) is 4.98 Å². The highest BCUT2D eigenvalue weighted by molar-refractivity contribution is 5.77. The van der Waals surface area contributed by atoms with Gasteiger partial charge in [-0.05, 0) is 24.6 Å². The maximum absolute atomic E-state index is 11.3. The second-order valence-corrected chi connectivity index (χ2v) is 3.99. The molecule has 5 nitrogen and oxygen atoms in total. The largest absolute Gasteiger partial charge is 0.352 e. The molecule has 0 aliphatic heterocycles. The van der Waals surface area contributed by atoms with E-state index in [1.54, 1.807) is 0 Å². The molecule has 0 unspecified atom stereocenters. The van der Waals surface area contributed by atoms with Crippen LogP contribution >= 0.6 is 0 Å². The summed E-state index contributed by atoms with van der Waals surface area (Å²) in [6, 6.07) is 5.91. The van der Waals surface area contributed by atoms with E-state index in [9.17, 15) is 4.79 Å². The Morgan fingerprint density at radius 3 is 3.12 bits per heavy atom. The number of fused-ring (bicyclic) bond motifs is 1. The zero-order valence-corrected chi connectivity index (χ0v) is 9.79. The Hall–Kier alpha value is -1.88. The number of nitrogens with one attached hydrogen (secondary N) is 2. The van der Waals surface area contributed by atoms with Crippen molar-refractivity contribution in [1.29, 1.82) is 0 Å². The van der Waals surface area contributed by atoms with Gasteiger partial charge in [-0.1, -0.05) is 6.07 Å². The fourth-order valence-electron chi connectivity index (χ4n) is 1.71. The predicted octanol–water partition coefficient (Wildman–Crippen LogP) is 0.836. The maximum Gasteiger partial charge on any atom is 0.221 e. The summed E-state index contributed by atoms with van der Waals surface area (Å²) in [7, 11) is 0. The standard InChI is InChI=1S/C12H16N4O/c1-8-15-10-3-2-9(6-11(10)16-8)7-14-12(17)4-5-13/h2-3,6H,4-5,7,13H2,1H3,(H,14,17)(H,15,16). The molecule has 0 bridgehead atoms. The van der Waals surface area contributed by atoms with Gasteiger partial charge in [0.05, 0.1) is 11.0 Å². The van der Waals surface area contributed by atoms with Crippen molar-refractivity contribution in [2.75, 3.05) is 6.54 Å². The van der Waals surface area contributed by atoms with Crippen LogP contribution in [-0.2, 0) is 11.3 Å². The van der Waals surface area contributed by atoms with Crippen LogP contribution in [0, 0.1) is 6.92 Å². The summed E-state index contributed by atoms with van der Waals surface area (Å²) in [4.78, 5) is 18.8. The van der Waals surface area contributed by atoms with E-state index in [1.165, 1.54) is 0 Å². The summed E-state index contributed by atoms with van der Waals surface area (Å²) in [6.07, 6.45) is 0.366. The van der Waals surface area contributed by atoms with E-state index < -0.39 is 0 Å². The highest BCUT2D eigenvalue weighted by Gasteiger charge is 2.02. The third kappa shape index (κ3) is 2.82. The Bertz CT molecular complexity index is 532. The molecule has 1 amide bonds. The normalized spacial score (nSPS) is 10.7. The summed E-state index contributed by atoms with van der Waals surface area (Å²) in [5.74, 6) is 0.873. The number of hydrogen-bond donors (Lipinski definition) is 3. The van der Waals surface area contributed by atoms with Gasteiger partial charge in [0.2, 0.25) is 5.91 Å². The van der Waals surface area contributed by atoms with Gasteiger partial charge in [0.25, 0.3) is 0 Å².